The zero-order valence-electron chi connectivity index (χ0n) is 9.39. The standard InChI is InChI=1S/C12H11FN4/c1-2-12-11(7-14)15-16-17(12)8-9-5-3-4-6-10(9)13/h3-6H,2,8H2,1H3. The molecule has 1 heterocycles. The molecule has 86 valence electrons. The lowest BCUT2D eigenvalue weighted by Gasteiger charge is -2.05. The van der Waals surface area contributed by atoms with Crippen molar-refractivity contribution in [3.8, 4) is 6.07 Å². The fraction of sp³-hybridized carbons (Fsp3) is 0.250. The Morgan fingerprint density at radius 1 is 1.41 bits per heavy atom. The lowest BCUT2D eigenvalue weighted by atomic mass is 10.2. The van der Waals surface area contributed by atoms with Crippen LogP contribution in [0.5, 0.6) is 0 Å². The van der Waals surface area contributed by atoms with Crippen molar-refractivity contribution < 1.29 is 4.39 Å². The Hall–Kier alpha value is -2.22. The maximum Gasteiger partial charge on any atom is 0.185 e. The van der Waals surface area contributed by atoms with Crippen LogP contribution >= 0.6 is 0 Å². The first kappa shape index (κ1) is 11.3. The largest absolute Gasteiger partial charge is 0.243 e. The molecule has 0 aliphatic rings. The highest BCUT2D eigenvalue weighted by Crippen LogP contribution is 2.11. The first-order chi connectivity index (χ1) is 8.26. The minimum absolute atomic E-state index is 0.274. The second kappa shape index (κ2) is 4.74. The second-order valence-electron chi connectivity index (χ2n) is 3.60. The molecule has 0 unspecified atom stereocenters. The third-order valence-electron chi connectivity index (χ3n) is 2.56. The predicted molar refractivity (Wildman–Crippen MR) is 59.6 cm³/mol. The van der Waals surface area contributed by atoms with Crippen LogP contribution in [0.3, 0.4) is 0 Å². The molecule has 0 N–H and O–H groups in total. The summed E-state index contributed by atoms with van der Waals surface area (Å²) in [7, 11) is 0. The summed E-state index contributed by atoms with van der Waals surface area (Å²) in [5.41, 5.74) is 1.58. The van der Waals surface area contributed by atoms with Gasteiger partial charge in [-0.3, -0.25) is 0 Å². The van der Waals surface area contributed by atoms with Crippen molar-refractivity contribution in [1.29, 1.82) is 5.26 Å². The lowest BCUT2D eigenvalue weighted by Crippen LogP contribution is -2.07. The Kier molecular flexibility index (Phi) is 3.15. The Balaban J connectivity index is 2.34. The van der Waals surface area contributed by atoms with Gasteiger partial charge in [0.2, 0.25) is 0 Å². The van der Waals surface area contributed by atoms with Crippen molar-refractivity contribution in [2.24, 2.45) is 0 Å². The van der Waals surface area contributed by atoms with E-state index in [0.717, 1.165) is 5.69 Å². The van der Waals surface area contributed by atoms with E-state index in [1.165, 1.54) is 6.07 Å². The summed E-state index contributed by atoms with van der Waals surface area (Å²) >= 11 is 0. The molecule has 2 aromatic rings. The van der Waals surface area contributed by atoms with Crippen molar-refractivity contribution in [3.05, 3.63) is 47.0 Å². The van der Waals surface area contributed by atoms with E-state index in [2.05, 4.69) is 10.3 Å². The van der Waals surface area contributed by atoms with Crippen LogP contribution in [0, 0.1) is 17.1 Å². The molecule has 0 aliphatic heterocycles. The van der Waals surface area contributed by atoms with Crippen LogP contribution in [0.4, 0.5) is 4.39 Å². The third-order valence-corrected chi connectivity index (χ3v) is 2.56. The van der Waals surface area contributed by atoms with Crippen molar-refractivity contribution in [2.45, 2.75) is 19.9 Å². The van der Waals surface area contributed by atoms with Gasteiger partial charge in [0, 0.05) is 5.56 Å². The van der Waals surface area contributed by atoms with Crippen molar-refractivity contribution in [2.75, 3.05) is 0 Å². The van der Waals surface area contributed by atoms with Crippen LogP contribution in [0.25, 0.3) is 0 Å². The van der Waals surface area contributed by atoms with Crippen LogP contribution in [-0.4, -0.2) is 15.0 Å². The summed E-state index contributed by atoms with van der Waals surface area (Å²) in [5, 5.41) is 16.5. The molecule has 0 radical (unpaired) electrons. The van der Waals surface area contributed by atoms with Crippen molar-refractivity contribution in [1.82, 2.24) is 15.0 Å². The fourth-order valence-electron chi connectivity index (χ4n) is 1.68. The van der Waals surface area contributed by atoms with Crippen LogP contribution in [0.1, 0.15) is 23.9 Å². The summed E-state index contributed by atoms with van der Waals surface area (Å²) in [6.07, 6.45) is 0.643. The van der Waals surface area contributed by atoms with Gasteiger partial charge in [0.1, 0.15) is 11.9 Å². The first-order valence-electron chi connectivity index (χ1n) is 5.32. The molecule has 0 saturated carbocycles. The average Bonchev–Trinajstić information content (AvgIpc) is 2.74. The maximum absolute atomic E-state index is 13.5. The normalized spacial score (nSPS) is 10.2. The Bertz CT molecular complexity index is 568. The third kappa shape index (κ3) is 2.16. The van der Waals surface area contributed by atoms with E-state index in [1.54, 1.807) is 22.9 Å². The monoisotopic (exact) mass is 230 g/mol. The molecule has 5 heteroatoms. The van der Waals surface area contributed by atoms with E-state index in [-0.39, 0.29) is 5.82 Å². The fourth-order valence-corrected chi connectivity index (χ4v) is 1.68. The zero-order valence-corrected chi connectivity index (χ0v) is 9.39. The van der Waals surface area contributed by atoms with Crippen LogP contribution in [0.2, 0.25) is 0 Å². The molecular formula is C12H11FN4. The van der Waals surface area contributed by atoms with Crippen LogP contribution < -0.4 is 0 Å². The molecule has 2 rings (SSSR count). The van der Waals surface area contributed by atoms with Gasteiger partial charge in [0.15, 0.2) is 5.69 Å². The molecule has 0 bridgehead atoms. The molecule has 1 aromatic carbocycles. The summed E-state index contributed by atoms with van der Waals surface area (Å²) in [5.74, 6) is -0.274. The topological polar surface area (TPSA) is 54.5 Å². The lowest BCUT2D eigenvalue weighted by molar-refractivity contribution is 0.567. The van der Waals surface area contributed by atoms with Gasteiger partial charge in [-0.15, -0.1) is 5.10 Å². The zero-order chi connectivity index (χ0) is 12.3. The van der Waals surface area contributed by atoms with Gasteiger partial charge in [-0.1, -0.05) is 30.3 Å². The van der Waals surface area contributed by atoms with Crippen LogP contribution in [-0.2, 0) is 13.0 Å². The van der Waals surface area contributed by atoms with E-state index >= 15 is 0 Å². The molecule has 0 fully saturated rings. The summed E-state index contributed by atoms with van der Waals surface area (Å²) in [4.78, 5) is 0. The smallest absolute Gasteiger partial charge is 0.185 e. The highest BCUT2D eigenvalue weighted by Gasteiger charge is 2.11. The first-order valence-corrected chi connectivity index (χ1v) is 5.32. The van der Waals surface area contributed by atoms with E-state index in [0.29, 0.717) is 24.2 Å². The number of nitriles is 1. The maximum atomic E-state index is 13.5. The quantitative estimate of drug-likeness (QED) is 0.809. The molecule has 0 saturated heterocycles. The molecule has 0 spiro atoms. The number of benzene rings is 1. The number of halogens is 1. The van der Waals surface area contributed by atoms with Gasteiger partial charge < -0.3 is 0 Å². The van der Waals surface area contributed by atoms with E-state index < -0.39 is 0 Å². The van der Waals surface area contributed by atoms with Crippen molar-refractivity contribution in [3.63, 3.8) is 0 Å². The Morgan fingerprint density at radius 3 is 2.82 bits per heavy atom. The predicted octanol–water partition coefficient (Wildman–Crippen LogP) is 1.90. The Labute approximate surface area is 98.3 Å². The number of hydrogen-bond acceptors (Lipinski definition) is 3. The average molecular weight is 230 g/mol. The highest BCUT2D eigenvalue weighted by atomic mass is 19.1. The van der Waals surface area contributed by atoms with Gasteiger partial charge >= 0.3 is 0 Å². The van der Waals surface area contributed by atoms with Gasteiger partial charge in [-0.05, 0) is 12.5 Å². The molecule has 4 nitrogen and oxygen atoms in total. The second-order valence-corrected chi connectivity index (χ2v) is 3.60. The van der Waals surface area contributed by atoms with Gasteiger partial charge in [0.05, 0.1) is 12.2 Å². The Morgan fingerprint density at radius 2 is 2.18 bits per heavy atom. The molecule has 0 amide bonds. The highest BCUT2D eigenvalue weighted by molar-refractivity contribution is 5.26. The number of hydrogen-bond donors (Lipinski definition) is 0. The molecular weight excluding hydrogens is 219 g/mol. The summed E-state index contributed by atoms with van der Waals surface area (Å²) in [6, 6.07) is 8.49. The number of aromatic nitrogens is 3. The SMILES string of the molecule is CCc1c(C#N)nnn1Cc1ccccc1F. The summed E-state index contributed by atoms with van der Waals surface area (Å²) < 4.78 is 15.0. The number of nitrogens with zero attached hydrogens (tertiary/aromatic N) is 4. The molecule has 0 aliphatic carbocycles. The molecule has 0 atom stereocenters. The summed E-state index contributed by atoms with van der Waals surface area (Å²) in [6.45, 7) is 2.21. The van der Waals surface area contributed by atoms with Gasteiger partial charge in [-0.2, -0.15) is 5.26 Å². The minimum atomic E-state index is -0.274. The molecule has 17 heavy (non-hydrogen) atoms. The minimum Gasteiger partial charge on any atom is -0.243 e. The van der Waals surface area contributed by atoms with E-state index in [1.807, 2.05) is 13.0 Å². The van der Waals surface area contributed by atoms with E-state index in [9.17, 15) is 4.39 Å². The van der Waals surface area contributed by atoms with Gasteiger partial charge in [-0.25, -0.2) is 9.07 Å². The number of rotatable bonds is 3. The van der Waals surface area contributed by atoms with Crippen LogP contribution in [0.15, 0.2) is 24.3 Å². The van der Waals surface area contributed by atoms with Gasteiger partial charge in [0.25, 0.3) is 0 Å². The van der Waals surface area contributed by atoms with Crippen molar-refractivity contribution >= 4 is 0 Å². The molecule has 1 aromatic heterocycles. The van der Waals surface area contributed by atoms with E-state index in [4.69, 9.17) is 5.26 Å².